The standard InChI is InChI=1S/C17H22N2O2/c1-19(13-17(20)18-11-6-12-21-2)16-10-5-8-14-7-3-4-9-15(14)16/h3-5,7-10H,6,11-13H2,1-2H3,(H,18,20). The van der Waals surface area contributed by atoms with Crippen molar-refractivity contribution in [1.29, 1.82) is 0 Å². The predicted molar refractivity (Wildman–Crippen MR) is 86.7 cm³/mol. The average molecular weight is 286 g/mol. The Morgan fingerprint density at radius 3 is 2.76 bits per heavy atom. The largest absolute Gasteiger partial charge is 0.385 e. The number of carbonyl (C=O) groups excluding carboxylic acids is 1. The van der Waals surface area contributed by atoms with Crippen molar-refractivity contribution in [3.63, 3.8) is 0 Å². The molecular formula is C17H22N2O2. The van der Waals surface area contributed by atoms with E-state index in [-0.39, 0.29) is 5.91 Å². The molecule has 21 heavy (non-hydrogen) atoms. The molecule has 1 amide bonds. The number of carbonyl (C=O) groups is 1. The van der Waals surface area contributed by atoms with Gasteiger partial charge in [0, 0.05) is 38.4 Å². The minimum Gasteiger partial charge on any atom is -0.385 e. The molecule has 0 aliphatic carbocycles. The first-order valence-corrected chi connectivity index (χ1v) is 7.17. The minimum atomic E-state index is 0.0292. The Balaban J connectivity index is 1.99. The molecule has 2 aromatic rings. The van der Waals surface area contributed by atoms with Gasteiger partial charge in [0.05, 0.1) is 6.54 Å². The van der Waals surface area contributed by atoms with E-state index < -0.39 is 0 Å². The van der Waals surface area contributed by atoms with Crippen molar-refractivity contribution in [2.45, 2.75) is 6.42 Å². The van der Waals surface area contributed by atoms with E-state index in [1.54, 1.807) is 7.11 Å². The molecule has 0 unspecified atom stereocenters. The Hall–Kier alpha value is -2.07. The molecular weight excluding hydrogens is 264 g/mol. The number of ether oxygens (including phenoxy) is 1. The summed E-state index contributed by atoms with van der Waals surface area (Å²) in [4.78, 5) is 13.9. The van der Waals surface area contributed by atoms with Gasteiger partial charge in [-0.2, -0.15) is 0 Å². The van der Waals surface area contributed by atoms with Crippen LogP contribution in [0.4, 0.5) is 5.69 Å². The molecule has 0 spiro atoms. The smallest absolute Gasteiger partial charge is 0.239 e. The second-order valence-electron chi connectivity index (χ2n) is 5.05. The Bertz CT molecular complexity index is 593. The molecule has 1 N–H and O–H groups in total. The van der Waals surface area contributed by atoms with Crippen LogP contribution in [0.3, 0.4) is 0 Å². The van der Waals surface area contributed by atoms with Crippen LogP contribution in [0.25, 0.3) is 10.8 Å². The molecule has 0 heterocycles. The van der Waals surface area contributed by atoms with Crippen LogP contribution < -0.4 is 10.2 Å². The number of likely N-dealkylation sites (N-methyl/N-ethyl adjacent to an activating group) is 1. The Morgan fingerprint density at radius 2 is 1.95 bits per heavy atom. The first-order valence-electron chi connectivity index (χ1n) is 7.17. The van der Waals surface area contributed by atoms with Crippen molar-refractivity contribution < 1.29 is 9.53 Å². The lowest BCUT2D eigenvalue weighted by atomic mass is 10.1. The Kier molecular flexibility index (Phi) is 5.58. The molecule has 0 radical (unpaired) electrons. The molecule has 0 fully saturated rings. The molecule has 2 rings (SSSR count). The molecule has 0 aliphatic heterocycles. The molecule has 0 saturated carbocycles. The van der Waals surface area contributed by atoms with Gasteiger partial charge in [-0.3, -0.25) is 4.79 Å². The maximum atomic E-state index is 11.9. The number of hydrogen-bond donors (Lipinski definition) is 1. The van der Waals surface area contributed by atoms with E-state index in [2.05, 4.69) is 23.5 Å². The molecule has 2 aromatic carbocycles. The zero-order valence-electron chi connectivity index (χ0n) is 12.6. The van der Waals surface area contributed by atoms with E-state index in [0.29, 0.717) is 19.7 Å². The summed E-state index contributed by atoms with van der Waals surface area (Å²) >= 11 is 0. The lowest BCUT2D eigenvalue weighted by Crippen LogP contribution is -2.35. The van der Waals surface area contributed by atoms with Crippen LogP contribution in [0.5, 0.6) is 0 Å². The number of rotatable bonds is 7. The maximum Gasteiger partial charge on any atom is 0.239 e. The third-order valence-corrected chi connectivity index (χ3v) is 3.41. The van der Waals surface area contributed by atoms with E-state index in [1.165, 1.54) is 5.39 Å². The first-order chi connectivity index (χ1) is 10.2. The van der Waals surface area contributed by atoms with Gasteiger partial charge in [-0.25, -0.2) is 0 Å². The van der Waals surface area contributed by atoms with Crippen molar-refractivity contribution in [2.24, 2.45) is 0 Å². The van der Waals surface area contributed by atoms with Gasteiger partial charge in [-0.05, 0) is 17.9 Å². The number of nitrogens with one attached hydrogen (secondary N) is 1. The quantitative estimate of drug-likeness (QED) is 0.795. The van der Waals surface area contributed by atoms with E-state index in [4.69, 9.17) is 4.74 Å². The number of benzene rings is 2. The third-order valence-electron chi connectivity index (χ3n) is 3.41. The van der Waals surface area contributed by atoms with Crippen LogP contribution in [-0.4, -0.2) is 39.8 Å². The summed E-state index contributed by atoms with van der Waals surface area (Å²) < 4.78 is 4.96. The molecule has 4 nitrogen and oxygen atoms in total. The normalized spacial score (nSPS) is 10.6. The zero-order chi connectivity index (χ0) is 15.1. The second-order valence-corrected chi connectivity index (χ2v) is 5.05. The molecule has 0 bridgehead atoms. The monoisotopic (exact) mass is 286 g/mol. The van der Waals surface area contributed by atoms with E-state index >= 15 is 0 Å². The van der Waals surface area contributed by atoms with Crippen molar-refractivity contribution in [3.8, 4) is 0 Å². The number of methoxy groups -OCH3 is 1. The summed E-state index contributed by atoms with van der Waals surface area (Å²) in [5.41, 5.74) is 1.07. The SMILES string of the molecule is COCCCNC(=O)CN(C)c1cccc2ccccc12. The van der Waals surface area contributed by atoms with Gasteiger partial charge in [0.15, 0.2) is 0 Å². The molecule has 112 valence electrons. The highest BCUT2D eigenvalue weighted by molar-refractivity contribution is 5.95. The van der Waals surface area contributed by atoms with Crippen molar-refractivity contribution in [3.05, 3.63) is 42.5 Å². The number of hydrogen-bond acceptors (Lipinski definition) is 3. The van der Waals surface area contributed by atoms with Gasteiger partial charge in [0.1, 0.15) is 0 Å². The molecule has 4 heteroatoms. The topological polar surface area (TPSA) is 41.6 Å². The van der Waals surface area contributed by atoms with Crippen molar-refractivity contribution in [1.82, 2.24) is 5.32 Å². The Morgan fingerprint density at radius 1 is 1.19 bits per heavy atom. The average Bonchev–Trinajstić information content (AvgIpc) is 2.51. The highest BCUT2D eigenvalue weighted by atomic mass is 16.5. The van der Waals surface area contributed by atoms with Crippen LogP contribution in [0.15, 0.2) is 42.5 Å². The van der Waals surface area contributed by atoms with Gasteiger partial charge in [0.25, 0.3) is 0 Å². The minimum absolute atomic E-state index is 0.0292. The summed E-state index contributed by atoms with van der Waals surface area (Å²) in [6, 6.07) is 14.3. The zero-order valence-corrected chi connectivity index (χ0v) is 12.6. The maximum absolute atomic E-state index is 11.9. The highest BCUT2D eigenvalue weighted by Crippen LogP contribution is 2.25. The first kappa shape index (κ1) is 15.3. The fourth-order valence-electron chi connectivity index (χ4n) is 2.34. The van der Waals surface area contributed by atoms with Crippen LogP contribution in [0.2, 0.25) is 0 Å². The number of anilines is 1. The van der Waals surface area contributed by atoms with Crippen molar-refractivity contribution in [2.75, 3.05) is 38.8 Å². The number of nitrogens with zero attached hydrogens (tertiary/aromatic N) is 1. The van der Waals surface area contributed by atoms with E-state index in [9.17, 15) is 4.79 Å². The number of fused-ring (bicyclic) bond motifs is 1. The van der Waals surface area contributed by atoms with Gasteiger partial charge >= 0.3 is 0 Å². The Labute approximate surface area is 125 Å². The summed E-state index contributed by atoms with van der Waals surface area (Å²) in [6.45, 7) is 1.66. The third kappa shape index (κ3) is 4.20. The fourth-order valence-corrected chi connectivity index (χ4v) is 2.34. The summed E-state index contributed by atoms with van der Waals surface area (Å²) in [5, 5.41) is 5.25. The molecule has 0 aromatic heterocycles. The lowest BCUT2D eigenvalue weighted by molar-refractivity contribution is -0.119. The van der Waals surface area contributed by atoms with Crippen LogP contribution in [0, 0.1) is 0 Å². The van der Waals surface area contributed by atoms with E-state index in [0.717, 1.165) is 17.5 Å². The molecule has 0 atom stereocenters. The van der Waals surface area contributed by atoms with Crippen molar-refractivity contribution >= 4 is 22.4 Å². The van der Waals surface area contributed by atoms with Crippen LogP contribution in [0.1, 0.15) is 6.42 Å². The summed E-state index contributed by atoms with van der Waals surface area (Å²) in [6.07, 6.45) is 0.834. The van der Waals surface area contributed by atoms with Gasteiger partial charge < -0.3 is 15.0 Å². The lowest BCUT2D eigenvalue weighted by Gasteiger charge is -2.20. The van der Waals surface area contributed by atoms with E-state index in [1.807, 2.05) is 36.2 Å². The number of amides is 1. The van der Waals surface area contributed by atoms with Gasteiger partial charge in [0.2, 0.25) is 5.91 Å². The van der Waals surface area contributed by atoms with Gasteiger partial charge in [-0.15, -0.1) is 0 Å². The summed E-state index contributed by atoms with van der Waals surface area (Å²) in [5.74, 6) is 0.0292. The second kappa shape index (κ2) is 7.64. The molecule has 0 aliphatic rings. The highest BCUT2D eigenvalue weighted by Gasteiger charge is 2.09. The van der Waals surface area contributed by atoms with Gasteiger partial charge in [-0.1, -0.05) is 36.4 Å². The van der Waals surface area contributed by atoms with Crippen LogP contribution in [-0.2, 0) is 9.53 Å². The van der Waals surface area contributed by atoms with Crippen LogP contribution >= 0.6 is 0 Å². The summed E-state index contributed by atoms with van der Waals surface area (Å²) in [7, 11) is 3.60. The fraction of sp³-hybridized carbons (Fsp3) is 0.353. The predicted octanol–water partition coefficient (Wildman–Crippen LogP) is 2.43. The molecule has 0 saturated heterocycles.